The second-order valence-corrected chi connectivity index (χ2v) is 4.33. The van der Waals surface area contributed by atoms with E-state index in [2.05, 4.69) is 10.3 Å². The fourth-order valence-corrected chi connectivity index (χ4v) is 1.83. The summed E-state index contributed by atoms with van der Waals surface area (Å²) in [6.07, 6.45) is 1.36. The zero-order valence-corrected chi connectivity index (χ0v) is 11.2. The van der Waals surface area contributed by atoms with E-state index in [1.54, 1.807) is 13.2 Å². The van der Waals surface area contributed by atoms with Crippen molar-refractivity contribution in [2.45, 2.75) is 6.54 Å². The zero-order valence-electron chi connectivity index (χ0n) is 10.5. The van der Waals surface area contributed by atoms with Gasteiger partial charge in [-0.2, -0.15) is 0 Å². The SMILES string of the molecule is COCCNCc1ncoc1-c1ccc(F)c(Cl)c1. The van der Waals surface area contributed by atoms with Gasteiger partial charge in [0.1, 0.15) is 11.5 Å². The number of oxazole rings is 1. The van der Waals surface area contributed by atoms with Gasteiger partial charge in [-0.3, -0.25) is 0 Å². The first kappa shape index (κ1) is 14.0. The maximum Gasteiger partial charge on any atom is 0.181 e. The van der Waals surface area contributed by atoms with Gasteiger partial charge < -0.3 is 14.5 Å². The van der Waals surface area contributed by atoms with Crippen LogP contribution in [0.25, 0.3) is 11.3 Å². The summed E-state index contributed by atoms with van der Waals surface area (Å²) in [6, 6.07) is 4.44. The molecule has 0 unspecified atom stereocenters. The molecule has 0 aliphatic carbocycles. The summed E-state index contributed by atoms with van der Waals surface area (Å²) in [7, 11) is 1.64. The van der Waals surface area contributed by atoms with E-state index >= 15 is 0 Å². The average Bonchev–Trinajstić information content (AvgIpc) is 2.86. The number of ether oxygens (including phenoxy) is 1. The molecular weight excluding hydrogens is 271 g/mol. The van der Waals surface area contributed by atoms with Crippen LogP contribution in [0.15, 0.2) is 29.0 Å². The number of hydrogen-bond donors (Lipinski definition) is 1. The van der Waals surface area contributed by atoms with E-state index in [-0.39, 0.29) is 5.02 Å². The van der Waals surface area contributed by atoms with Crippen molar-refractivity contribution >= 4 is 11.6 Å². The average molecular weight is 285 g/mol. The van der Waals surface area contributed by atoms with Crippen LogP contribution in [0.1, 0.15) is 5.69 Å². The smallest absolute Gasteiger partial charge is 0.181 e. The molecule has 0 saturated carbocycles. The van der Waals surface area contributed by atoms with Crippen LogP contribution in [0.2, 0.25) is 5.02 Å². The fourth-order valence-electron chi connectivity index (χ4n) is 1.65. The third-order valence-corrected chi connectivity index (χ3v) is 2.89. The largest absolute Gasteiger partial charge is 0.443 e. The molecule has 1 aromatic carbocycles. The molecule has 1 aromatic heterocycles. The molecule has 2 rings (SSSR count). The third kappa shape index (κ3) is 3.53. The Labute approximate surface area is 115 Å². The number of rotatable bonds is 6. The number of benzene rings is 1. The van der Waals surface area contributed by atoms with Gasteiger partial charge >= 0.3 is 0 Å². The van der Waals surface area contributed by atoms with Crippen LogP contribution in [0.5, 0.6) is 0 Å². The Morgan fingerprint density at radius 1 is 1.47 bits per heavy atom. The number of methoxy groups -OCH3 is 1. The van der Waals surface area contributed by atoms with Crippen molar-refractivity contribution in [3.63, 3.8) is 0 Å². The quantitative estimate of drug-likeness (QED) is 0.829. The van der Waals surface area contributed by atoms with Gasteiger partial charge in [0.25, 0.3) is 0 Å². The molecule has 0 fully saturated rings. The van der Waals surface area contributed by atoms with Crippen molar-refractivity contribution in [2.75, 3.05) is 20.3 Å². The lowest BCUT2D eigenvalue weighted by Crippen LogP contribution is -2.19. The lowest BCUT2D eigenvalue weighted by molar-refractivity contribution is 0.199. The Hall–Kier alpha value is -1.43. The molecule has 1 N–H and O–H groups in total. The van der Waals surface area contributed by atoms with E-state index < -0.39 is 5.82 Å². The maximum atomic E-state index is 13.1. The summed E-state index contributed by atoms with van der Waals surface area (Å²) in [6.45, 7) is 1.88. The molecule has 4 nitrogen and oxygen atoms in total. The topological polar surface area (TPSA) is 47.3 Å². The summed E-state index contributed by atoms with van der Waals surface area (Å²) >= 11 is 5.76. The predicted octanol–water partition coefficient (Wildman–Crippen LogP) is 2.87. The Morgan fingerprint density at radius 2 is 2.32 bits per heavy atom. The highest BCUT2D eigenvalue weighted by molar-refractivity contribution is 6.31. The number of nitrogens with one attached hydrogen (secondary N) is 1. The number of nitrogens with zero attached hydrogens (tertiary/aromatic N) is 1. The summed E-state index contributed by atoms with van der Waals surface area (Å²) < 4.78 is 23.4. The van der Waals surface area contributed by atoms with Crippen molar-refractivity contribution < 1.29 is 13.5 Å². The normalized spacial score (nSPS) is 10.9. The molecule has 102 valence electrons. The second-order valence-electron chi connectivity index (χ2n) is 3.93. The monoisotopic (exact) mass is 284 g/mol. The van der Waals surface area contributed by atoms with Crippen molar-refractivity contribution in [1.82, 2.24) is 10.3 Å². The van der Waals surface area contributed by atoms with Crippen LogP contribution in [-0.2, 0) is 11.3 Å². The summed E-state index contributed by atoms with van der Waals surface area (Å²) in [4.78, 5) is 4.14. The minimum Gasteiger partial charge on any atom is -0.443 e. The molecule has 0 radical (unpaired) electrons. The van der Waals surface area contributed by atoms with E-state index in [4.69, 9.17) is 20.8 Å². The minimum absolute atomic E-state index is 0.0622. The fraction of sp³-hybridized carbons (Fsp3) is 0.308. The maximum absolute atomic E-state index is 13.1. The second kappa shape index (κ2) is 6.65. The summed E-state index contributed by atoms with van der Waals surface area (Å²) in [5.41, 5.74) is 1.45. The number of halogens is 2. The molecule has 0 bridgehead atoms. The van der Waals surface area contributed by atoms with E-state index in [0.29, 0.717) is 31.0 Å². The highest BCUT2D eigenvalue weighted by Crippen LogP contribution is 2.27. The van der Waals surface area contributed by atoms with Crippen molar-refractivity contribution in [3.8, 4) is 11.3 Å². The molecule has 2 aromatic rings. The molecular formula is C13H14ClFN2O2. The van der Waals surface area contributed by atoms with Gasteiger partial charge in [-0.1, -0.05) is 11.6 Å². The lowest BCUT2D eigenvalue weighted by Gasteiger charge is -2.04. The molecule has 0 aliphatic heterocycles. The summed E-state index contributed by atoms with van der Waals surface area (Å²) in [5.74, 6) is 0.136. The molecule has 0 aliphatic rings. The van der Waals surface area contributed by atoms with Crippen LogP contribution in [0.4, 0.5) is 4.39 Å². The Kier molecular flexibility index (Phi) is 4.90. The molecule has 0 amide bonds. The van der Waals surface area contributed by atoms with Gasteiger partial charge in [-0.25, -0.2) is 9.37 Å². The molecule has 0 spiro atoms. The van der Waals surface area contributed by atoms with Gasteiger partial charge in [0.15, 0.2) is 12.2 Å². The van der Waals surface area contributed by atoms with E-state index in [9.17, 15) is 4.39 Å². The standard InChI is InChI=1S/C13H14ClFN2O2/c1-18-5-4-16-7-12-13(19-8-17-12)9-2-3-11(15)10(14)6-9/h2-3,6,8,16H,4-5,7H2,1H3. The highest BCUT2D eigenvalue weighted by Gasteiger charge is 2.12. The zero-order chi connectivity index (χ0) is 13.7. The first-order chi connectivity index (χ1) is 9.22. The number of hydrogen-bond acceptors (Lipinski definition) is 4. The van der Waals surface area contributed by atoms with Crippen molar-refractivity contribution in [3.05, 3.63) is 41.1 Å². The molecule has 0 atom stereocenters. The molecule has 0 saturated heterocycles. The van der Waals surface area contributed by atoms with Crippen LogP contribution in [0.3, 0.4) is 0 Å². The van der Waals surface area contributed by atoms with Crippen molar-refractivity contribution in [1.29, 1.82) is 0 Å². The van der Waals surface area contributed by atoms with Crippen molar-refractivity contribution in [2.24, 2.45) is 0 Å². The molecule has 19 heavy (non-hydrogen) atoms. The first-order valence-electron chi connectivity index (χ1n) is 5.80. The van der Waals surface area contributed by atoms with Gasteiger partial charge in [-0.05, 0) is 18.2 Å². The van der Waals surface area contributed by atoms with Crippen LogP contribution >= 0.6 is 11.6 Å². The highest BCUT2D eigenvalue weighted by atomic mass is 35.5. The van der Waals surface area contributed by atoms with Gasteiger partial charge in [0.2, 0.25) is 0 Å². The Balaban J connectivity index is 2.12. The molecule has 6 heteroatoms. The van der Waals surface area contributed by atoms with E-state index in [1.165, 1.54) is 18.5 Å². The van der Waals surface area contributed by atoms with Gasteiger partial charge in [-0.15, -0.1) is 0 Å². The lowest BCUT2D eigenvalue weighted by atomic mass is 10.1. The number of aromatic nitrogens is 1. The van der Waals surface area contributed by atoms with Gasteiger partial charge in [0, 0.05) is 25.8 Å². The van der Waals surface area contributed by atoms with Crippen LogP contribution in [0, 0.1) is 5.82 Å². The van der Waals surface area contributed by atoms with E-state index in [1.807, 2.05) is 0 Å². The van der Waals surface area contributed by atoms with Gasteiger partial charge in [0.05, 0.1) is 11.6 Å². The third-order valence-electron chi connectivity index (χ3n) is 2.60. The predicted molar refractivity (Wildman–Crippen MR) is 70.5 cm³/mol. The van der Waals surface area contributed by atoms with E-state index in [0.717, 1.165) is 5.69 Å². The van der Waals surface area contributed by atoms with Crippen LogP contribution < -0.4 is 5.32 Å². The van der Waals surface area contributed by atoms with Crippen LogP contribution in [-0.4, -0.2) is 25.2 Å². The summed E-state index contributed by atoms with van der Waals surface area (Å²) in [5, 5.41) is 3.23. The molecule has 1 heterocycles. The Bertz CT molecular complexity index is 545. The Morgan fingerprint density at radius 3 is 3.05 bits per heavy atom. The first-order valence-corrected chi connectivity index (χ1v) is 6.17. The minimum atomic E-state index is -0.454.